The van der Waals surface area contributed by atoms with Gasteiger partial charge in [0.25, 0.3) is 0 Å². The lowest BCUT2D eigenvalue weighted by Gasteiger charge is -2.31. The number of hydrogen-bond donors (Lipinski definition) is 1. The fraction of sp³-hybridized carbons (Fsp3) is 0.625. The Balaban J connectivity index is 2.08. The normalized spacial score (nSPS) is 25.1. The quantitative estimate of drug-likeness (QED) is 0.885. The van der Waals surface area contributed by atoms with Crippen LogP contribution in [0.3, 0.4) is 0 Å². The standard InChI is InChI=1S/C16H24FNO/c1-3-12-6-4-5-7-16(12)19-13-8-9-14(11(2)18)15(17)10-13/h8-12,16H,3-7,18H2,1-2H3. The molecule has 3 heteroatoms. The van der Waals surface area contributed by atoms with E-state index >= 15 is 0 Å². The number of rotatable bonds is 4. The van der Waals surface area contributed by atoms with E-state index < -0.39 is 0 Å². The van der Waals surface area contributed by atoms with Crippen molar-refractivity contribution in [2.75, 3.05) is 0 Å². The maximum atomic E-state index is 13.9. The van der Waals surface area contributed by atoms with Gasteiger partial charge < -0.3 is 10.5 Å². The molecule has 106 valence electrons. The van der Waals surface area contributed by atoms with Gasteiger partial charge in [-0.25, -0.2) is 4.39 Å². The predicted octanol–water partition coefficient (Wildman–Crippen LogP) is 4.19. The van der Waals surface area contributed by atoms with E-state index in [4.69, 9.17) is 10.5 Å². The third kappa shape index (κ3) is 3.47. The molecule has 1 saturated carbocycles. The van der Waals surface area contributed by atoms with Gasteiger partial charge in [-0.1, -0.05) is 19.4 Å². The molecule has 1 fully saturated rings. The van der Waals surface area contributed by atoms with Crippen molar-refractivity contribution in [3.8, 4) is 5.75 Å². The molecule has 1 aromatic rings. The Bertz CT molecular complexity index is 419. The summed E-state index contributed by atoms with van der Waals surface area (Å²) in [6.07, 6.45) is 6.17. The second-order valence-corrected chi connectivity index (χ2v) is 5.58. The van der Waals surface area contributed by atoms with Crippen LogP contribution in [0.1, 0.15) is 57.6 Å². The lowest BCUT2D eigenvalue weighted by molar-refractivity contribution is 0.0900. The van der Waals surface area contributed by atoms with Crippen LogP contribution in [-0.2, 0) is 0 Å². The number of halogens is 1. The first kappa shape index (κ1) is 14.3. The van der Waals surface area contributed by atoms with Crippen LogP contribution in [0.2, 0.25) is 0 Å². The van der Waals surface area contributed by atoms with E-state index in [-0.39, 0.29) is 18.0 Å². The van der Waals surface area contributed by atoms with E-state index in [1.807, 2.05) is 6.07 Å². The van der Waals surface area contributed by atoms with Crippen molar-refractivity contribution < 1.29 is 9.13 Å². The highest BCUT2D eigenvalue weighted by molar-refractivity contribution is 5.30. The predicted molar refractivity (Wildman–Crippen MR) is 75.7 cm³/mol. The zero-order chi connectivity index (χ0) is 13.8. The molecule has 3 atom stereocenters. The molecule has 1 aliphatic rings. The van der Waals surface area contributed by atoms with Crippen molar-refractivity contribution in [1.82, 2.24) is 0 Å². The van der Waals surface area contributed by atoms with Crippen LogP contribution in [0.15, 0.2) is 18.2 Å². The van der Waals surface area contributed by atoms with E-state index in [2.05, 4.69) is 6.92 Å². The van der Waals surface area contributed by atoms with Gasteiger partial charge in [0.15, 0.2) is 0 Å². The van der Waals surface area contributed by atoms with Gasteiger partial charge in [0, 0.05) is 17.7 Å². The Morgan fingerprint density at radius 1 is 1.37 bits per heavy atom. The van der Waals surface area contributed by atoms with Gasteiger partial charge in [-0.3, -0.25) is 0 Å². The van der Waals surface area contributed by atoms with Crippen molar-refractivity contribution in [1.29, 1.82) is 0 Å². The first-order valence-corrected chi connectivity index (χ1v) is 7.33. The number of hydrogen-bond acceptors (Lipinski definition) is 2. The van der Waals surface area contributed by atoms with Gasteiger partial charge in [-0.2, -0.15) is 0 Å². The van der Waals surface area contributed by atoms with Crippen LogP contribution in [0, 0.1) is 11.7 Å². The molecular weight excluding hydrogens is 241 g/mol. The fourth-order valence-electron chi connectivity index (χ4n) is 2.92. The molecule has 0 aliphatic heterocycles. The van der Waals surface area contributed by atoms with Crippen LogP contribution < -0.4 is 10.5 Å². The molecular formula is C16H24FNO. The highest BCUT2D eigenvalue weighted by atomic mass is 19.1. The molecule has 0 aromatic heterocycles. The van der Waals surface area contributed by atoms with Crippen LogP contribution in [-0.4, -0.2) is 6.10 Å². The second-order valence-electron chi connectivity index (χ2n) is 5.58. The summed E-state index contributed by atoms with van der Waals surface area (Å²) in [6.45, 7) is 3.99. The van der Waals surface area contributed by atoms with Crippen molar-refractivity contribution >= 4 is 0 Å². The molecule has 0 amide bonds. The summed E-state index contributed by atoms with van der Waals surface area (Å²) >= 11 is 0. The van der Waals surface area contributed by atoms with E-state index in [1.165, 1.54) is 25.3 Å². The van der Waals surface area contributed by atoms with Crippen LogP contribution in [0.25, 0.3) is 0 Å². The lowest BCUT2D eigenvalue weighted by Crippen LogP contribution is -2.29. The minimum Gasteiger partial charge on any atom is -0.490 e. The Hall–Kier alpha value is -1.09. The first-order valence-electron chi connectivity index (χ1n) is 7.33. The summed E-state index contributed by atoms with van der Waals surface area (Å²) in [5, 5.41) is 0. The van der Waals surface area contributed by atoms with Crippen molar-refractivity contribution in [2.45, 2.75) is 58.1 Å². The molecule has 2 N–H and O–H groups in total. The monoisotopic (exact) mass is 265 g/mol. The molecule has 0 saturated heterocycles. The van der Waals surface area contributed by atoms with Gasteiger partial charge in [-0.15, -0.1) is 0 Å². The van der Waals surface area contributed by atoms with Crippen LogP contribution >= 0.6 is 0 Å². The summed E-state index contributed by atoms with van der Waals surface area (Å²) < 4.78 is 19.9. The van der Waals surface area contributed by atoms with E-state index in [9.17, 15) is 4.39 Å². The number of ether oxygens (including phenoxy) is 1. The molecule has 1 aliphatic carbocycles. The molecule has 2 rings (SSSR count). The van der Waals surface area contributed by atoms with Gasteiger partial charge in [0.05, 0.1) is 0 Å². The molecule has 0 radical (unpaired) electrons. The van der Waals surface area contributed by atoms with Crippen LogP contribution in [0.5, 0.6) is 5.75 Å². The minimum atomic E-state index is -0.285. The summed E-state index contributed by atoms with van der Waals surface area (Å²) in [6, 6.07) is 4.76. The topological polar surface area (TPSA) is 35.2 Å². The Kier molecular flexibility index (Phi) is 4.81. The molecule has 0 heterocycles. The summed E-state index contributed by atoms with van der Waals surface area (Å²) in [7, 11) is 0. The highest BCUT2D eigenvalue weighted by Crippen LogP contribution is 2.31. The van der Waals surface area contributed by atoms with Crippen molar-refractivity contribution in [3.05, 3.63) is 29.6 Å². The SMILES string of the molecule is CCC1CCCCC1Oc1ccc(C(C)N)c(F)c1. The number of benzene rings is 1. The Morgan fingerprint density at radius 2 is 2.11 bits per heavy atom. The van der Waals surface area contributed by atoms with Gasteiger partial charge in [0.1, 0.15) is 17.7 Å². The fourth-order valence-corrected chi connectivity index (χ4v) is 2.92. The molecule has 2 nitrogen and oxygen atoms in total. The first-order chi connectivity index (χ1) is 9.11. The molecule has 3 unspecified atom stereocenters. The lowest BCUT2D eigenvalue weighted by atomic mass is 9.85. The largest absolute Gasteiger partial charge is 0.490 e. The number of nitrogens with two attached hydrogens (primary N) is 1. The summed E-state index contributed by atoms with van der Waals surface area (Å²) in [5.74, 6) is 0.966. The molecule has 0 spiro atoms. The third-order valence-corrected chi connectivity index (χ3v) is 4.11. The summed E-state index contributed by atoms with van der Waals surface area (Å²) in [4.78, 5) is 0. The zero-order valence-electron chi connectivity index (χ0n) is 11.9. The molecule has 19 heavy (non-hydrogen) atoms. The van der Waals surface area contributed by atoms with E-state index in [1.54, 1.807) is 13.0 Å². The van der Waals surface area contributed by atoms with Gasteiger partial charge >= 0.3 is 0 Å². The third-order valence-electron chi connectivity index (χ3n) is 4.11. The minimum absolute atomic E-state index is 0.235. The van der Waals surface area contributed by atoms with E-state index in [0.717, 1.165) is 12.8 Å². The average molecular weight is 265 g/mol. The average Bonchev–Trinajstić information content (AvgIpc) is 2.39. The second kappa shape index (κ2) is 6.38. The van der Waals surface area contributed by atoms with Crippen molar-refractivity contribution in [2.24, 2.45) is 11.7 Å². The summed E-state index contributed by atoms with van der Waals surface area (Å²) in [5.41, 5.74) is 6.26. The van der Waals surface area contributed by atoms with Gasteiger partial charge in [0.2, 0.25) is 0 Å². The maximum absolute atomic E-state index is 13.9. The Labute approximate surface area is 115 Å². The molecule has 0 bridgehead atoms. The Morgan fingerprint density at radius 3 is 2.74 bits per heavy atom. The molecule has 1 aromatic carbocycles. The van der Waals surface area contributed by atoms with Crippen LogP contribution in [0.4, 0.5) is 4.39 Å². The maximum Gasteiger partial charge on any atom is 0.131 e. The van der Waals surface area contributed by atoms with Crippen molar-refractivity contribution in [3.63, 3.8) is 0 Å². The smallest absolute Gasteiger partial charge is 0.131 e. The van der Waals surface area contributed by atoms with Gasteiger partial charge in [-0.05, 0) is 44.6 Å². The van der Waals surface area contributed by atoms with E-state index in [0.29, 0.717) is 17.2 Å². The zero-order valence-corrected chi connectivity index (χ0v) is 11.9. The highest BCUT2D eigenvalue weighted by Gasteiger charge is 2.25.